The highest BCUT2D eigenvalue weighted by molar-refractivity contribution is 4.95. The van der Waals surface area contributed by atoms with Crippen molar-refractivity contribution >= 4 is 0 Å². The first kappa shape index (κ1) is 9.47. The topological polar surface area (TPSA) is 29.3 Å². The van der Waals surface area contributed by atoms with E-state index in [1.165, 1.54) is 45.2 Å². The molecule has 0 spiro atoms. The lowest BCUT2D eigenvalue weighted by atomic mass is 9.59. The Morgan fingerprint density at radius 1 is 1.31 bits per heavy atom. The summed E-state index contributed by atoms with van der Waals surface area (Å²) < 4.78 is 0. The molecule has 0 aromatic heterocycles. The molecule has 0 unspecified atom stereocenters. The van der Waals surface area contributed by atoms with Crippen LogP contribution in [0.3, 0.4) is 0 Å². The Balaban J connectivity index is 1.92. The van der Waals surface area contributed by atoms with Crippen molar-refractivity contribution in [2.45, 2.75) is 32.1 Å². The smallest absolute Gasteiger partial charge is 0.00179 e. The van der Waals surface area contributed by atoms with Gasteiger partial charge in [0.25, 0.3) is 0 Å². The second-order valence-electron chi connectivity index (χ2n) is 5.00. The summed E-state index contributed by atoms with van der Waals surface area (Å²) >= 11 is 0. The monoisotopic (exact) mass is 182 g/mol. The SMILES string of the molecule is CN1CCC(C2(CN)CCC2)CC1. The van der Waals surface area contributed by atoms with Crippen LogP contribution in [0.1, 0.15) is 32.1 Å². The first-order valence-corrected chi connectivity index (χ1v) is 5.65. The molecular formula is C11H22N2. The van der Waals surface area contributed by atoms with Crippen LogP contribution in [0.15, 0.2) is 0 Å². The first-order valence-electron chi connectivity index (χ1n) is 5.65. The Morgan fingerprint density at radius 3 is 2.31 bits per heavy atom. The molecule has 13 heavy (non-hydrogen) atoms. The fraction of sp³-hybridized carbons (Fsp3) is 1.00. The normalized spacial score (nSPS) is 30.0. The second-order valence-corrected chi connectivity index (χ2v) is 5.00. The summed E-state index contributed by atoms with van der Waals surface area (Å²) in [6.45, 7) is 3.50. The Morgan fingerprint density at radius 2 is 1.92 bits per heavy atom. The van der Waals surface area contributed by atoms with E-state index in [0.717, 1.165) is 12.5 Å². The molecule has 2 aliphatic rings. The van der Waals surface area contributed by atoms with E-state index < -0.39 is 0 Å². The van der Waals surface area contributed by atoms with E-state index in [0.29, 0.717) is 5.41 Å². The molecule has 2 nitrogen and oxygen atoms in total. The minimum Gasteiger partial charge on any atom is -0.330 e. The van der Waals surface area contributed by atoms with Crippen LogP contribution >= 0.6 is 0 Å². The first-order chi connectivity index (χ1) is 6.27. The second kappa shape index (κ2) is 3.58. The van der Waals surface area contributed by atoms with Crippen LogP contribution in [0.5, 0.6) is 0 Å². The molecule has 1 saturated carbocycles. The summed E-state index contributed by atoms with van der Waals surface area (Å²) in [7, 11) is 2.23. The molecule has 0 aromatic carbocycles. The van der Waals surface area contributed by atoms with Crippen LogP contribution in [0.4, 0.5) is 0 Å². The number of hydrogen-bond acceptors (Lipinski definition) is 2. The largest absolute Gasteiger partial charge is 0.330 e. The average molecular weight is 182 g/mol. The fourth-order valence-corrected chi connectivity index (χ4v) is 3.03. The standard InChI is InChI=1S/C11H22N2/c1-13-7-3-10(4-8-13)11(9-12)5-2-6-11/h10H,2-9,12H2,1H3. The molecule has 1 aliphatic carbocycles. The van der Waals surface area contributed by atoms with Crippen LogP contribution in [0, 0.1) is 11.3 Å². The molecule has 0 aromatic rings. The average Bonchev–Trinajstić information content (AvgIpc) is 2.07. The summed E-state index contributed by atoms with van der Waals surface area (Å²) in [5, 5.41) is 0. The van der Waals surface area contributed by atoms with E-state index in [1.807, 2.05) is 0 Å². The summed E-state index contributed by atoms with van der Waals surface area (Å²) in [5.74, 6) is 0.933. The summed E-state index contributed by atoms with van der Waals surface area (Å²) in [6, 6.07) is 0. The molecule has 1 heterocycles. The minimum absolute atomic E-state index is 0.571. The van der Waals surface area contributed by atoms with Gasteiger partial charge in [-0.2, -0.15) is 0 Å². The molecule has 2 rings (SSSR count). The third kappa shape index (κ3) is 1.62. The van der Waals surface area contributed by atoms with Crippen LogP contribution in [-0.4, -0.2) is 31.6 Å². The van der Waals surface area contributed by atoms with E-state index in [-0.39, 0.29) is 0 Å². The molecule has 0 radical (unpaired) electrons. The van der Waals surface area contributed by atoms with E-state index in [9.17, 15) is 0 Å². The highest BCUT2D eigenvalue weighted by Crippen LogP contribution is 2.49. The van der Waals surface area contributed by atoms with E-state index in [2.05, 4.69) is 11.9 Å². The molecule has 1 saturated heterocycles. The van der Waals surface area contributed by atoms with Crippen molar-refractivity contribution in [2.24, 2.45) is 17.1 Å². The lowest BCUT2D eigenvalue weighted by Crippen LogP contribution is -2.47. The predicted molar refractivity (Wildman–Crippen MR) is 55.6 cm³/mol. The number of rotatable bonds is 2. The molecule has 2 N–H and O–H groups in total. The van der Waals surface area contributed by atoms with E-state index in [1.54, 1.807) is 0 Å². The maximum absolute atomic E-state index is 5.92. The predicted octanol–water partition coefficient (Wildman–Crippen LogP) is 1.46. The summed E-state index contributed by atoms with van der Waals surface area (Å²) in [6.07, 6.45) is 6.99. The third-order valence-electron chi connectivity index (χ3n) is 4.34. The molecule has 1 aliphatic heterocycles. The highest BCUT2D eigenvalue weighted by Gasteiger charge is 2.43. The van der Waals surface area contributed by atoms with Crippen molar-refractivity contribution in [1.82, 2.24) is 4.90 Å². The van der Waals surface area contributed by atoms with Crippen molar-refractivity contribution in [2.75, 3.05) is 26.7 Å². The highest BCUT2D eigenvalue weighted by atomic mass is 15.1. The van der Waals surface area contributed by atoms with E-state index >= 15 is 0 Å². The fourth-order valence-electron chi connectivity index (χ4n) is 3.03. The van der Waals surface area contributed by atoms with Crippen LogP contribution in [0.25, 0.3) is 0 Å². The Bertz CT molecular complexity index is 161. The maximum atomic E-state index is 5.92. The van der Waals surface area contributed by atoms with Crippen molar-refractivity contribution < 1.29 is 0 Å². The van der Waals surface area contributed by atoms with Gasteiger partial charge < -0.3 is 10.6 Å². The quantitative estimate of drug-likeness (QED) is 0.700. The van der Waals surface area contributed by atoms with Gasteiger partial charge in [0.2, 0.25) is 0 Å². The number of nitrogens with zero attached hydrogens (tertiary/aromatic N) is 1. The van der Waals surface area contributed by atoms with Crippen molar-refractivity contribution in [3.8, 4) is 0 Å². The van der Waals surface area contributed by atoms with Crippen LogP contribution in [0.2, 0.25) is 0 Å². The summed E-state index contributed by atoms with van der Waals surface area (Å²) in [5.41, 5.74) is 6.49. The van der Waals surface area contributed by atoms with Gasteiger partial charge in [-0.15, -0.1) is 0 Å². The van der Waals surface area contributed by atoms with Gasteiger partial charge in [0, 0.05) is 0 Å². The van der Waals surface area contributed by atoms with Crippen LogP contribution in [-0.2, 0) is 0 Å². The van der Waals surface area contributed by atoms with Gasteiger partial charge in [0.15, 0.2) is 0 Å². The van der Waals surface area contributed by atoms with Crippen molar-refractivity contribution in [1.29, 1.82) is 0 Å². The third-order valence-corrected chi connectivity index (χ3v) is 4.34. The van der Waals surface area contributed by atoms with Gasteiger partial charge in [-0.3, -0.25) is 0 Å². The zero-order valence-corrected chi connectivity index (χ0v) is 8.76. The molecule has 2 heteroatoms. The molecule has 2 fully saturated rings. The van der Waals surface area contributed by atoms with E-state index in [4.69, 9.17) is 5.73 Å². The van der Waals surface area contributed by atoms with Gasteiger partial charge >= 0.3 is 0 Å². The van der Waals surface area contributed by atoms with Crippen molar-refractivity contribution in [3.63, 3.8) is 0 Å². The summed E-state index contributed by atoms with van der Waals surface area (Å²) in [4.78, 5) is 2.44. The van der Waals surface area contributed by atoms with Gasteiger partial charge in [-0.1, -0.05) is 6.42 Å². The maximum Gasteiger partial charge on any atom is -0.00179 e. The van der Waals surface area contributed by atoms with Crippen molar-refractivity contribution in [3.05, 3.63) is 0 Å². The molecule has 0 amide bonds. The lowest BCUT2D eigenvalue weighted by molar-refractivity contribution is 0.0200. The molecule has 76 valence electrons. The zero-order chi connectivity index (χ0) is 9.31. The van der Waals surface area contributed by atoms with Gasteiger partial charge in [0.1, 0.15) is 0 Å². The molecule has 0 bridgehead atoms. The Labute approximate surface area is 81.5 Å². The van der Waals surface area contributed by atoms with Gasteiger partial charge in [-0.25, -0.2) is 0 Å². The molecular weight excluding hydrogens is 160 g/mol. The van der Waals surface area contributed by atoms with Gasteiger partial charge in [0.05, 0.1) is 0 Å². The lowest BCUT2D eigenvalue weighted by Gasteiger charge is -2.49. The zero-order valence-electron chi connectivity index (χ0n) is 8.76. The number of piperidine rings is 1. The Kier molecular flexibility index (Phi) is 2.61. The number of likely N-dealkylation sites (tertiary alicyclic amines) is 1. The molecule has 0 atom stereocenters. The Hall–Kier alpha value is -0.0800. The number of nitrogens with two attached hydrogens (primary N) is 1. The van der Waals surface area contributed by atoms with Crippen LogP contribution < -0.4 is 5.73 Å². The minimum atomic E-state index is 0.571. The number of hydrogen-bond donors (Lipinski definition) is 1. The van der Waals surface area contributed by atoms with Gasteiger partial charge in [-0.05, 0) is 63.7 Å².